The molecular weight excluding hydrogens is 322 g/mol. The van der Waals surface area contributed by atoms with Crippen molar-refractivity contribution in [2.75, 3.05) is 5.73 Å². The molecule has 0 saturated heterocycles. The van der Waals surface area contributed by atoms with Crippen molar-refractivity contribution in [3.63, 3.8) is 0 Å². The monoisotopic (exact) mass is 335 g/mol. The summed E-state index contributed by atoms with van der Waals surface area (Å²) in [5.74, 6) is 1.41. The van der Waals surface area contributed by atoms with Crippen LogP contribution in [0.4, 0.5) is 5.82 Å². The molecule has 8 nitrogen and oxygen atoms in total. The van der Waals surface area contributed by atoms with Crippen LogP contribution in [0, 0.1) is 0 Å². The van der Waals surface area contributed by atoms with Gasteiger partial charge in [0, 0.05) is 0 Å². The summed E-state index contributed by atoms with van der Waals surface area (Å²) in [6.07, 6.45) is 1.19. The van der Waals surface area contributed by atoms with Crippen molar-refractivity contribution in [1.82, 2.24) is 19.3 Å². The number of ether oxygens (including phenoxy) is 1. The van der Waals surface area contributed by atoms with Crippen LogP contribution >= 0.6 is 0 Å². The largest absolute Gasteiger partial charge is 0.457 e. The predicted octanol–water partition coefficient (Wildman–Crippen LogP) is 2.19. The fraction of sp³-hybridized carbons (Fsp3) is 0. The van der Waals surface area contributed by atoms with Gasteiger partial charge in [-0.15, -0.1) is 4.73 Å². The molecule has 25 heavy (non-hydrogen) atoms. The van der Waals surface area contributed by atoms with Gasteiger partial charge in [-0.05, 0) is 36.4 Å². The van der Waals surface area contributed by atoms with Crippen LogP contribution < -0.4 is 16.2 Å². The average molecular weight is 335 g/mol. The summed E-state index contributed by atoms with van der Waals surface area (Å²) in [6.45, 7) is 0. The highest BCUT2D eigenvalue weighted by Gasteiger charge is 2.18. The molecular formula is C17H13N5O3. The summed E-state index contributed by atoms with van der Waals surface area (Å²) in [5.41, 5.74) is 5.96. The third-order valence-corrected chi connectivity index (χ3v) is 3.70. The summed E-state index contributed by atoms with van der Waals surface area (Å²) in [7, 11) is 0. The van der Waals surface area contributed by atoms with Gasteiger partial charge in [0.2, 0.25) is 5.65 Å². The molecule has 2 heterocycles. The van der Waals surface area contributed by atoms with E-state index in [2.05, 4.69) is 9.97 Å². The van der Waals surface area contributed by atoms with Crippen molar-refractivity contribution in [3.05, 3.63) is 71.4 Å². The molecule has 0 unspecified atom stereocenters. The van der Waals surface area contributed by atoms with Crippen molar-refractivity contribution in [2.24, 2.45) is 0 Å². The van der Waals surface area contributed by atoms with Gasteiger partial charge in [-0.2, -0.15) is 0 Å². The number of anilines is 1. The van der Waals surface area contributed by atoms with Gasteiger partial charge in [0.25, 0.3) is 0 Å². The molecule has 124 valence electrons. The lowest BCUT2D eigenvalue weighted by atomic mass is 10.3. The molecule has 3 N–H and O–H groups in total. The molecule has 0 saturated carbocycles. The van der Waals surface area contributed by atoms with Crippen molar-refractivity contribution >= 4 is 17.0 Å². The second-order valence-electron chi connectivity index (χ2n) is 5.27. The standard InChI is InChI=1S/C17H13N5O3/c18-15-14-16(20-10-19-15)22(24)17(23)21(14)11-6-8-13(9-7-11)25-12-4-2-1-3-5-12/h1-10,24H,(H2,18,19,20). The topological polar surface area (TPSA) is 108 Å². The van der Waals surface area contributed by atoms with Crippen molar-refractivity contribution in [1.29, 1.82) is 0 Å². The molecule has 0 aliphatic rings. The molecule has 0 fully saturated rings. The highest BCUT2D eigenvalue weighted by Crippen LogP contribution is 2.24. The number of rotatable bonds is 3. The van der Waals surface area contributed by atoms with E-state index in [-0.39, 0.29) is 17.0 Å². The molecule has 0 radical (unpaired) electrons. The van der Waals surface area contributed by atoms with Crippen molar-refractivity contribution in [3.8, 4) is 17.2 Å². The van der Waals surface area contributed by atoms with Gasteiger partial charge in [-0.25, -0.2) is 14.8 Å². The molecule has 0 aliphatic heterocycles. The Hall–Kier alpha value is -3.81. The maximum absolute atomic E-state index is 12.3. The zero-order valence-electron chi connectivity index (χ0n) is 12.9. The maximum Gasteiger partial charge on any atom is 0.368 e. The minimum atomic E-state index is -0.682. The lowest BCUT2D eigenvalue weighted by molar-refractivity contribution is 0.184. The number of hydrogen-bond donors (Lipinski definition) is 2. The minimum Gasteiger partial charge on any atom is -0.457 e. The number of benzene rings is 2. The number of imidazole rings is 1. The van der Waals surface area contributed by atoms with E-state index in [4.69, 9.17) is 10.5 Å². The Morgan fingerprint density at radius 3 is 2.36 bits per heavy atom. The summed E-state index contributed by atoms with van der Waals surface area (Å²) in [5, 5.41) is 9.93. The Labute approximate surface area is 141 Å². The molecule has 2 aromatic carbocycles. The number of nitrogens with two attached hydrogens (primary N) is 1. The van der Waals surface area contributed by atoms with Gasteiger partial charge in [0.1, 0.15) is 23.3 Å². The van der Waals surface area contributed by atoms with E-state index < -0.39 is 5.69 Å². The number of nitrogens with zero attached hydrogens (tertiary/aromatic N) is 4. The Kier molecular flexibility index (Phi) is 3.35. The molecule has 0 bridgehead atoms. The van der Waals surface area contributed by atoms with E-state index in [0.717, 1.165) is 0 Å². The van der Waals surface area contributed by atoms with Gasteiger partial charge in [0.15, 0.2) is 5.82 Å². The van der Waals surface area contributed by atoms with E-state index in [9.17, 15) is 10.0 Å². The van der Waals surface area contributed by atoms with Crippen LogP contribution in [-0.2, 0) is 0 Å². The van der Waals surface area contributed by atoms with E-state index in [0.29, 0.717) is 21.9 Å². The summed E-state index contributed by atoms with van der Waals surface area (Å²) in [4.78, 5) is 20.1. The zero-order chi connectivity index (χ0) is 17.4. The second-order valence-corrected chi connectivity index (χ2v) is 5.27. The normalized spacial score (nSPS) is 10.9. The molecule has 0 atom stereocenters. The van der Waals surface area contributed by atoms with Crippen LogP contribution in [0.3, 0.4) is 0 Å². The van der Waals surface area contributed by atoms with Crippen LogP contribution in [0.1, 0.15) is 0 Å². The van der Waals surface area contributed by atoms with Crippen molar-refractivity contribution in [2.45, 2.75) is 0 Å². The van der Waals surface area contributed by atoms with E-state index in [1.54, 1.807) is 24.3 Å². The van der Waals surface area contributed by atoms with Crippen LogP contribution in [0.5, 0.6) is 11.5 Å². The van der Waals surface area contributed by atoms with Crippen LogP contribution in [0.25, 0.3) is 16.9 Å². The number of aromatic nitrogens is 4. The molecule has 8 heteroatoms. The third-order valence-electron chi connectivity index (χ3n) is 3.70. The predicted molar refractivity (Wildman–Crippen MR) is 91.2 cm³/mol. The van der Waals surface area contributed by atoms with E-state index >= 15 is 0 Å². The summed E-state index contributed by atoms with van der Waals surface area (Å²) < 4.78 is 7.42. The fourth-order valence-corrected chi connectivity index (χ4v) is 2.56. The first-order chi connectivity index (χ1) is 12.1. The molecule has 0 aliphatic carbocycles. The Balaban J connectivity index is 1.77. The fourth-order valence-electron chi connectivity index (χ4n) is 2.56. The highest BCUT2D eigenvalue weighted by molar-refractivity contribution is 5.83. The minimum absolute atomic E-state index is 0.0436. The Bertz CT molecular complexity index is 1100. The second kappa shape index (κ2) is 5.68. The number of hydrogen-bond acceptors (Lipinski definition) is 6. The number of nitrogen functional groups attached to an aromatic ring is 1. The number of para-hydroxylation sites is 1. The lowest BCUT2D eigenvalue weighted by Crippen LogP contribution is -2.21. The first-order valence-electron chi connectivity index (χ1n) is 7.41. The first-order valence-corrected chi connectivity index (χ1v) is 7.41. The van der Waals surface area contributed by atoms with Gasteiger partial charge >= 0.3 is 5.69 Å². The summed E-state index contributed by atoms with van der Waals surface area (Å²) in [6, 6.07) is 16.1. The van der Waals surface area contributed by atoms with Crippen LogP contribution in [-0.4, -0.2) is 24.5 Å². The molecule has 4 rings (SSSR count). The van der Waals surface area contributed by atoms with Crippen LogP contribution in [0.15, 0.2) is 65.7 Å². The maximum atomic E-state index is 12.3. The van der Waals surface area contributed by atoms with Gasteiger partial charge in [-0.1, -0.05) is 18.2 Å². The SMILES string of the molecule is Nc1ncnc2c1n(-c1ccc(Oc3ccccc3)cc1)c(=O)n2O. The first kappa shape index (κ1) is 14.8. The third kappa shape index (κ3) is 2.45. The number of fused-ring (bicyclic) bond motifs is 1. The smallest absolute Gasteiger partial charge is 0.368 e. The molecule has 0 amide bonds. The summed E-state index contributed by atoms with van der Waals surface area (Å²) >= 11 is 0. The molecule has 0 spiro atoms. The van der Waals surface area contributed by atoms with Gasteiger partial charge < -0.3 is 15.7 Å². The highest BCUT2D eigenvalue weighted by atomic mass is 16.5. The Morgan fingerprint density at radius 1 is 0.960 bits per heavy atom. The average Bonchev–Trinajstić information content (AvgIpc) is 2.89. The zero-order valence-corrected chi connectivity index (χ0v) is 12.9. The van der Waals surface area contributed by atoms with Crippen molar-refractivity contribution < 1.29 is 9.94 Å². The lowest BCUT2D eigenvalue weighted by Gasteiger charge is -2.07. The molecule has 4 aromatic rings. The van der Waals surface area contributed by atoms with Gasteiger partial charge in [-0.3, -0.25) is 4.57 Å². The van der Waals surface area contributed by atoms with Crippen LogP contribution in [0.2, 0.25) is 0 Å². The molecule has 2 aromatic heterocycles. The Morgan fingerprint density at radius 2 is 1.64 bits per heavy atom. The van der Waals surface area contributed by atoms with Gasteiger partial charge in [0.05, 0.1) is 5.69 Å². The van der Waals surface area contributed by atoms with E-state index in [1.165, 1.54) is 10.9 Å². The van der Waals surface area contributed by atoms with E-state index in [1.807, 2.05) is 30.3 Å². The quantitative estimate of drug-likeness (QED) is 0.556.